The van der Waals surface area contributed by atoms with Crippen LogP contribution in [0.3, 0.4) is 0 Å². The highest BCUT2D eigenvalue weighted by atomic mass is 16.7. The molecule has 1 saturated carbocycles. The van der Waals surface area contributed by atoms with Crippen LogP contribution in [0.1, 0.15) is 32.1 Å². The number of hydrogen-bond acceptors (Lipinski definition) is 4. The SMILES string of the molecule is NC(=O)OC1(OC(N)=O)CCCCC1. The van der Waals surface area contributed by atoms with Crippen LogP contribution in [-0.4, -0.2) is 18.0 Å². The van der Waals surface area contributed by atoms with Gasteiger partial charge in [-0.1, -0.05) is 6.42 Å². The number of carbonyl (C=O) groups excluding carboxylic acids is 2. The number of carbonyl (C=O) groups is 2. The number of hydrogen-bond donors (Lipinski definition) is 2. The van der Waals surface area contributed by atoms with E-state index in [2.05, 4.69) is 0 Å². The van der Waals surface area contributed by atoms with E-state index < -0.39 is 18.0 Å². The third-order valence-corrected chi connectivity index (χ3v) is 2.19. The minimum absolute atomic E-state index is 0.457. The second-order valence-electron chi connectivity index (χ2n) is 3.31. The van der Waals surface area contributed by atoms with Crippen LogP contribution in [0.25, 0.3) is 0 Å². The maximum atomic E-state index is 10.6. The van der Waals surface area contributed by atoms with E-state index in [1.54, 1.807) is 0 Å². The molecule has 0 aromatic carbocycles. The Morgan fingerprint density at radius 2 is 1.36 bits per heavy atom. The quantitative estimate of drug-likeness (QED) is 0.647. The molecule has 0 aromatic heterocycles. The molecular formula is C8H14N2O4. The van der Waals surface area contributed by atoms with Crippen molar-refractivity contribution in [3.05, 3.63) is 0 Å². The first kappa shape index (κ1) is 10.6. The largest absolute Gasteiger partial charge is 0.407 e. The first-order chi connectivity index (χ1) is 6.54. The fourth-order valence-corrected chi connectivity index (χ4v) is 1.68. The summed E-state index contributed by atoms with van der Waals surface area (Å²) in [6, 6.07) is 0. The van der Waals surface area contributed by atoms with Gasteiger partial charge < -0.3 is 20.9 Å². The van der Waals surface area contributed by atoms with Crippen LogP contribution in [0.15, 0.2) is 0 Å². The van der Waals surface area contributed by atoms with Crippen molar-refractivity contribution in [2.45, 2.75) is 37.9 Å². The number of ether oxygens (including phenoxy) is 2. The van der Waals surface area contributed by atoms with Crippen LogP contribution in [0, 0.1) is 0 Å². The summed E-state index contributed by atoms with van der Waals surface area (Å²) in [4.78, 5) is 21.2. The van der Waals surface area contributed by atoms with E-state index in [-0.39, 0.29) is 0 Å². The summed E-state index contributed by atoms with van der Waals surface area (Å²) >= 11 is 0. The standard InChI is InChI=1S/C8H14N2O4/c9-6(11)13-8(14-7(10)12)4-2-1-3-5-8/h1-5H2,(H2,9,11)(H2,10,12). The molecule has 0 aromatic rings. The Balaban J connectivity index is 2.66. The molecule has 0 heterocycles. The van der Waals surface area contributed by atoms with Crippen molar-refractivity contribution in [1.82, 2.24) is 0 Å². The van der Waals surface area contributed by atoms with Crippen LogP contribution in [0.2, 0.25) is 0 Å². The number of primary amides is 2. The molecule has 0 saturated heterocycles. The number of nitrogens with two attached hydrogens (primary N) is 2. The molecule has 1 aliphatic rings. The van der Waals surface area contributed by atoms with Gasteiger partial charge in [0.2, 0.25) is 0 Å². The van der Waals surface area contributed by atoms with Crippen LogP contribution < -0.4 is 11.5 Å². The summed E-state index contributed by atoms with van der Waals surface area (Å²) in [5, 5.41) is 0. The van der Waals surface area contributed by atoms with Crippen LogP contribution in [0.5, 0.6) is 0 Å². The molecule has 1 aliphatic carbocycles. The third kappa shape index (κ3) is 2.79. The van der Waals surface area contributed by atoms with Crippen LogP contribution in [-0.2, 0) is 9.47 Å². The lowest BCUT2D eigenvalue weighted by molar-refractivity contribution is -0.177. The van der Waals surface area contributed by atoms with Gasteiger partial charge in [0, 0.05) is 12.8 Å². The maximum Gasteiger partial charge on any atom is 0.407 e. The van der Waals surface area contributed by atoms with Gasteiger partial charge in [-0.05, 0) is 12.8 Å². The third-order valence-electron chi connectivity index (χ3n) is 2.19. The lowest BCUT2D eigenvalue weighted by Crippen LogP contribution is -2.44. The van der Waals surface area contributed by atoms with Crippen molar-refractivity contribution in [2.75, 3.05) is 0 Å². The Bertz CT molecular complexity index is 217. The normalized spacial score (nSPS) is 19.7. The van der Waals surface area contributed by atoms with Crippen LogP contribution in [0.4, 0.5) is 9.59 Å². The highest BCUT2D eigenvalue weighted by Crippen LogP contribution is 2.32. The first-order valence-electron chi connectivity index (χ1n) is 4.51. The Hall–Kier alpha value is -1.46. The monoisotopic (exact) mass is 202 g/mol. The highest BCUT2D eigenvalue weighted by molar-refractivity contribution is 5.67. The van der Waals surface area contributed by atoms with Gasteiger partial charge in [0.25, 0.3) is 5.79 Å². The molecule has 0 aliphatic heterocycles. The zero-order valence-electron chi connectivity index (χ0n) is 7.82. The van der Waals surface area contributed by atoms with Crippen molar-refractivity contribution in [3.8, 4) is 0 Å². The smallest absolute Gasteiger partial charge is 0.406 e. The van der Waals surface area contributed by atoms with Gasteiger partial charge in [0.15, 0.2) is 0 Å². The molecular weight excluding hydrogens is 188 g/mol. The molecule has 14 heavy (non-hydrogen) atoms. The van der Waals surface area contributed by atoms with Gasteiger partial charge in [-0.15, -0.1) is 0 Å². The van der Waals surface area contributed by atoms with E-state index in [0.29, 0.717) is 12.8 Å². The van der Waals surface area contributed by atoms with Gasteiger partial charge in [0.1, 0.15) is 0 Å². The lowest BCUT2D eigenvalue weighted by Gasteiger charge is -2.34. The van der Waals surface area contributed by atoms with Crippen molar-refractivity contribution >= 4 is 12.2 Å². The topological polar surface area (TPSA) is 105 Å². The van der Waals surface area contributed by atoms with E-state index in [9.17, 15) is 9.59 Å². The Morgan fingerprint density at radius 3 is 1.71 bits per heavy atom. The average molecular weight is 202 g/mol. The molecule has 0 atom stereocenters. The second kappa shape index (κ2) is 4.17. The predicted octanol–water partition coefficient (Wildman–Crippen LogP) is 0.837. The first-order valence-corrected chi connectivity index (χ1v) is 4.51. The molecule has 0 bridgehead atoms. The second-order valence-corrected chi connectivity index (χ2v) is 3.31. The minimum Gasteiger partial charge on any atom is -0.406 e. The Labute approximate surface area is 81.5 Å². The molecule has 0 spiro atoms. The number of rotatable bonds is 2. The summed E-state index contributed by atoms with van der Waals surface area (Å²) in [7, 11) is 0. The molecule has 4 N–H and O–H groups in total. The van der Waals surface area contributed by atoms with E-state index in [1.807, 2.05) is 0 Å². The van der Waals surface area contributed by atoms with Crippen molar-refractivity contribution in [2.24, 2.45) is 11.5 Å². The average Bonchev–Trinajstić information content (AvgIpc) is 2.01. The summed E-state index contributed by atoms with van der Waals surface area (Å²) in [5.74, 6) is -1.23. The van der Waals surface area contributed by atoms with Crippen molar-refractivity contribution < 1.29 is 19.1 Å². The molecule has 2 amide bonds. The van der Waals surface area contributed by atoms with E-state index in [0.717, 1.165) is 19.3 Å². The summed E-state index contributed by atoms with van der Waals surface area (Å²) in [5.41, 5.74) is 9.78. The molecule has 6 heteroatoms. The fraction of sp³-hybridized carbons (Fsp3) is 0.750. The molecule has 80 valence electrons. The van der Waals surface area contributed by atoms with E-state index in [1.165, 1.54) is 0 Å². The van der Waals surface area contributed by atoms with E-state index in [4.69, 9.17) is 20.9 Å². The van der Waals surface area contributed by atoms with Gasteiger partial charge in [0.05, 0.1) is 0 Å². The highest BCUT2D eigenvalue weighted by Gasteiger charge is 2.39. The van der Waals surface area contributed by atoms with E-state index >= 15 is 0 Å². The Kier molecular flexibility index (Phi) is 3.16. The molecule has 1 rings (SSSR count). The zero-order valence-corrected chi connectivity index (χ0v) is 7.82. The molecule has 0 unspecified atom stereocenters. The summed E-state index contributed by atoms with van der Waals surface area (Å²) in [6.45, 7) is 0. The Morgan fingerprint density at radius 1 is 0.929 bits per heavy atom. The summed E-state index contributed by atoms with van der Waals surface area (Å²) < 4.78 is 9.61. The van der Waals surface area contributed by atoms with Gasteiger partial charge in [-0.3, -0.25) is 0 Å². The minimum atomic E-state index is -1.23. The fourth-order valence-electron chi connectivity index (χ4n) is 1.68. The molecule has 0 radical (unpaired) electrons. The van der Waals surface area contributed by atoms with Crippen molar-refractivity contribution in [1.29, 1.82) is 0 Å². The van der Waals surface area contributed by atoms with Gasteiger partial charge in [-0.2, -0.15) is 0 Å². The van der Waals surface area contributed by atoms with Gasteiger partial charge in [-0.25, -0.2) is 9.59 Å². The zero-order chi connectivity index (χ0) is 10.6. The molecule has 6 nitrogen and oxygen atoms in total. The summed E-state index contributed by atoms with van der Waals surface area (Å²) in [6.07, 6.45) is 1.67. The van der Waals surface area contributed by atoms with Gasteiger partial charge >= 0.3 is 12.2 Å². The van der Waals surface area contributed by atoms with Crippen molar-refractivity contribution in [3.63, 3.8) is 0 Å². The van der Waals surface area contributed by atoms with Crippen LogP contribution >= 0.6 is 0 Å². The predicted molar refractivity (Wildman–Crippen MR) is 47.2 cm³/mol. The maximum absolute atomic E-state index is 10.6. The lowest BCUT2D eigenvalue weighted by atomic mass is 9.94. The number of amides is 2. The molecule has 1 fully saturated rings.